The SMILES string of the molecule is COC1=C(C(=O)O)N2C(=O)C(NC(=O)C(=NOCC(=O)O)c3cscn3)[C@@H]2SC1. The van der Waals surface area contributed by atoms with Crippen molar-refractivity contribution in [3.63, 3.8) is 0 Å². The Bertz CT molecular complexity index is 913. The summed E-state index contributed by atoms with van der Waals surface area (Å²) in [7, 11) is 1.32. The predicted octanol–water partition coefficient (Wildman–Crippen LogP) is -0.709. The van der Waals surface area contributed by atoms with Crippen LogP contribution in [0.25, 0.3) is 0 Å². The van der Waals surface area contributed by atoms with Gasteiger partial charge in [0.05, 0.1) is 18.4 Å². The van der Waals surface area contributed by atoms with Gasteiger partial charge in [-0.15, -0.1) is 23.1 Å². The lowest BCUT2D eigenvalue weighted by Gasteiger charge is -2.48. The number of carboxylic acids is 2. The molecule has 2 aliphatic rings. The number of carboxylic acid groups (broad SMARTS) is 2. The topological polar surface area (TPSA) is 168 Å². The molecule has 0 bridgehead atoms. The summed E-state index contributed by atoms with van der Waals surface area (Å²) in [6.45, 7) is -0.762. The molecule has 1 saturated heterocycles. The number of hydrogen-bond donors (Lipinski definition) is 3. The number of nitrogens with one attached hydrogen (secondary N) is 1. The molecule has 154 valence electrons. The van der Waals surface area contributed by atoms with Crippen LogP contribution in [-0.4, -0.2) is 80.4 Å². The van der Waals surface area contributed by atoms with Gasteiger partial charge in [0.2, 0.25) is 6.61 Å². The zero-order chi connectivity index (χ0) is 21.1. The van der Waals surface area contributed by atoms with Crippen LogP contribution < -0.4 is 5.32 Å². The summed E-state index contributed by atoms with van der Waals surface area (Å²) in [6, 6.07) is -0.997. The van der Waals surface area contributed by atoms with E-state index in [1.54, 1.807) is 0 Å². The van der Waals surface area contributed by atoms with Crippen molar-refractivity contribution in [3.8, 4) is 0 Å². The number of nitrogens with zero attached hydrogens (tertiary/aromatic N) is 3. The predicted molar refractivity (Wildman–Crippen MR) is 98.9 cm³/mol. The second-order valence-corrected chi connectivity index (χ2v) is 7.45. The Labute approximate surface area is 171 Å². The number of amides is 2. The number of methoxy groups -OCH3 is 1. The number of aromatic nitrogens is 1. The van der Waals surface area contributed by atoms with Gasteiger partial charge in [0.1, 0.15) is 22.9 Å². The van der Waals surface area contributed by atoms with Gasteiger partial charge in [0, 0.05) is 5.38 Å². The van der Waals surface area contributed by atoms with Crippen LogP contribution in [0.1, 0.15) is 5.69 Å². The van der Waals surface area contributed by atoms with Crippen LogP contribution in [-0.2, 0) is 28.8 Å². The van der Waals surface area contributed by atoms with E-state index in [-0.39, 0.29) is 28.6 Å². The van der Waals surface area contributed by atoms with E-state index in [0.29, 0.717) is 0 Å². The van der Waals surface area contributed by atoms with E-state index in [1.807, 2.05) is 0 Å². The second-order valence-electron chi connectivity index (χ2n) is 5.62. The average molecular weight is 442 g/mol. The van der Waals surface area contributed by atoms with Crippen molar-refractivity contribution >= 4 is 52.6 Å². The maximum absolute atomic E-state index is 12.6. The third-order valence-electron chi connectivity index (χ3n) is 3.90. The van der Waals surface area contributed by atoms with E-state index >= 15 is 0 Å². The summed E-state index contributed by atoms with van der Waals surface area (Å²) in [5.74, 6) is -3.64. The number of carbonyl (C=O) groups is 4. The first-order chi connectivity index (χ1) is 13.8. The molecule has 0 radical (unpaired) electrons. The molecule has 0 aromatic carbocycles. The quantitative estimate of drug-likeness (QED) is 0.266. The van der Waals surface area contributed by atoms with E-state index in [9.17, 15) is 24.3 Å². The van der Waals surface area contributed by atoms with Gasteiger partial charge < -0.3 is 25.1 Å². The van der Waals surface area contributed by atoms with E-state index < -0.39 is 41.8 Å². The highest BCUT2D eigenvalue weighted by Gasteiger charge is 2.55. The van der Waals surface area contributed by atoms with Crippen molar-refractivity contribution < 1.29 is 39.0 Å². The molecule has 0 spiro atoms. The first-order valence-electron chi connectivity index (χ1n) is 7.91. The maximum Gasteiger partial charge on any atom is 0.356 e. The standard InChI is InChI=1S/C15H14N4O8S2/c1-26-7-4-29-14-10(13(23)19(14)11(7)15(24)25)17-12(22)9(6-3-28-5-16-6)18-27-2-8(20)21/h3,5,10,14H,2,4H2,1H3,(H,17,22)(H,20,21)(H,24,25)/t10?,14-/m0/s1. The van der Waals surface area contributed by atoms with E-state index in [0.717, 1.165) is 4.90 Å². The Hall–Kier alpha value is -3.13. The van der Waals surface area contributed by atoms with Gasteiger partial charge in [-0.25, -0.2) is 14.6 Å². The number of aliphatic carboxylic acids is 2. The van der Waals surface area contributed by atoms with Gasteiger partial charge in [-0.3, -0.25) is 14.5 Å². The Kier molecular flexibility index (Phi) is 6.03. The van der Waals surface area contributed by atoms with Crippen LogP contribution in [0.2, 0.25) is 0 Å². The number of thiazole rings is 1. The van der Waals surface area contributed by atoms with E-state index in [2.05, 4.69) is 20.3 Å². The second kappa shape index (κ2) is 8.48. The Balaban J connectivity index is 1.77. The van der Waals surface area contributed by atoms with Crippen LogP contribution in [0, 0.1) is 0 Å². The molecule has 12 nitrogen and oxygen atoms in total. The number of fused-ring (bicyclic) bond motifs is 1. The minimum Gasteiger partial charge on any atom is -0.498 e. The summed E-state index contributed by atoms with van der Waals surface area (Å²) in [5, 5.41) is 24.9. The molecule has 1 aromatic heterocycles. The molecular weight excluding hydrogens is 428 g/mol. The fraction of sp³-hybridized carbons (Fsp3) is 0.333. The molecule has 3 rings (SSSR count). The first kappa shape index (κ1) is 20.6. The van der Waals surface area contributed by atoms with Crippen LogP contribution in [0.5, 0.6) is 0 Å². The zero-order valence-electron chi connectivity index (χ0n) is 14.7. The number of ether oxygens (including phenoxy) is 1. The highest BCUT2D eigenvalue weighted by molar-refractivity contribution is 8.00. The Morgan fingerprint density at radius 2 is 2.17 bits per heavy atom. The van der Waals surface area contributed by atoms with Crippen molar-refractivity contribution in [3.05, 3.63) is 28.0 Å². The number of oxime groups is 1. The van der Waals surface area contributed by atoms with Gasteiger partial charge in [-0.1, -0.05) is 5.16 Å². The molecule has 3 heterocycles. The third-order valence-corrected chi connectivity index (χ3v) is 5.74. The lowest BCUT2D eigenvalue weighted by Crippen LogP contribution is -2.71. The van der Waals surface area contributed by atoms with Crippen LogP contribution in [0.4, 0.5) is 0 Å². The minimum atomic E-state index is -1.31. The molecule has 1 unspecified atom stereocenters. The highest BCUT2D eigenvalue weighted by Crippen LogP contribution is 2.40. The molecule has 1 aromatic rings. The number of carbonyl (C=O) groups excluding carboxylic acids is 2. The largest absolute Gasteiger partial charge is 0.498 e. The number of β-lactam (4-membered cyclic amide) rings is 1. The Morgan fingerprint density at radius 3 is 2.76 bits per heavy atom. The highest BCUT2D eigenvalue weighted by atomic mass is 32.2. The summed E-state index contributed by atoms with van der Waals surface area (Å²) in [5.41, 5.74) is 1.03. The molecule has 2 amide bonds. The molecule has 14 heteroatoms. The summed E-state index contributed by atoms with van der Waals surface area (Å²) < 4.78 is 5.04. The van der Waals surface area contributed by atoms with Gasteiger partial charge in [0.15, 0.2) is 11.4 Å². The van der Waals surface area contributed by atoms with Crippen LogP contribution in [0.3, 0.4) is 0 Å². The first-order valence-corrected chi connectivity index (χ1v) is 9.90. The fourth-order valence-electron chi connectivity index (χ4n) is 2.64. The smallest absolute Gasteiger partial charge is 0.356 e. The van der Waals surface area contributed by atoms with E-state index in [4.69, 9.17) is 9.84 Å². The molecule has 0 aliphatic carbocycles. The van der Waals surface area contributed by atoms with E-state index in [1.165, 1.54) is 41.1 Å². The third kappa shape index (κ3) is 4.02. The monoisotopic (exact) mass is 442 g/mol. The van der Waals surface area contributed by atoms with Crippen LogP contribution in [0.15, 0.2) is 27.5 Å². The van der Waals surface area contributed by atoms with Gasteiger partial charge in [-0.05, 0) is 0 Å². The van der Waals surface area contributed by atoms with Crippen molar-refractivity contribution in [1.29, 1.82) is 0 Å². The minimum absolute atomic E-state index is 0.144. The van der Waals surface area contributed by atoms with Crippen LogP contribution >= 0.6 is 23.1 Å². The summed E-state index contributed by atoms with van der Waals surface area (Å²) in [6.07, 6.45) is 0. The van der Waals surface area contributed by atoms with Crippen molar-refractivity contribution in [1.82, 2.24) is 15.2 Å². The number of rotatable bonds is 8. The molecule has 0 saturated carbocycles. The normalized spacial score (nSPS) is 21.2. The van der Waals surface area contributed by atoms with Gasteiger partial charge in [0.25, 0.3) is 11.8 Å². The van der Waals surface area contributed by atoms with Crippen molar-refractivity contribution in [2.24, 2.45) is 5.16 Å². The lowest BCUT2D eigenvalue weighted by atomic mass is 10.0. The fourth-order valence-corrected chi connectivity index (χ4v) is 4.49. The Morgan fingerprint density at radius 1 is 1.41 bits per heavy atom. The van der Waals surface area contributed by atoms with Crippen molar-refractivity contribution in [2.75, 3.05) is 19.5 Å². The van der Waals surface area contributed by atoms with Crippen molar-refractivity contribution in [2.45, 2.75) is 11.4 Å². The zero-order valence-corrected chi connectivity index (χ0v) is 16.4. The summed E-state index contributed by atoms with van der Waals surface area (Å²) >= 11 is 2.41. The molecule has 1 fully saturated rings. The lowest BCUT2D eigenvalue weighted by molar-refractivity contribution is -0.150. The average Bonchev–Trinajstić information content (AvgIpc) is 3.21. The van der Waals surface area contributed by atoms with Gasteiger partial charge >= 0.3 is 11.9 Å². The molecule has 29 heavy (non-hydrogen) atoms. The molecule has 3 N–H and O–H groups in total. The number of hydrogen-bond acceptors (Lipinski definition) is 10. The summed E-state index contributed by atoms with van der Waals surface area (Å²) in [4.78, 5) is 56.9. The molecule has 2 atom stereocenters. The molecule has 2 aliphatic heterocycles. The maximum atomic E-state index is 12.6. The molecular formula is C15H14N4O8S2. The number of thioether (sulfide) groups is 1. The van der Waals surface area contributed by atoms with Gasteiger partial charge in [-0.2, -0.15) is 0 Å².